The first-order chi connectivity index (χ1) is 9.15. The van der Waals surface area contributed by atoms with Gasteiger partial charge in [0.1, 0.15) is 0 Å². The summed E-state index contributed by atoms with van der Waals surface area (Å²) in [6, 6.07) is 5.25. The maximum Gasteiger partial charge on any atom is 0.271 e. The molecule has 2 heterocycles. The second-order valence-electron chi connectivity index (χ2n) is 4.65. The molecule has 19 heavy (non-hydrogen) atoms. The molecule has 1 aromatic carbocycles. The maximum atomic E-state index is 10.8. The summed E-state index contributed by atoms with van der Waals surface area (Å²) < 4.78 is 0.992. The Balaban J connectivity index is 1.99. The molecule has 0 aliphatic carbocycles. The van der Waals surface area contributed by atoms with Gasteiger partial charge in [0.15, 0.2) is 5.13 Å². The van der Waals surface area contributed by atoms with Crippen LogP contribution in [-0.2, 0) is 0 Å². The molecule has 0 bridgehead atoms. The fraction of sp³-hybridized carbons (Fsp3) is 0.417. The molecule has 6 nitrogen and oxygen atoms in total. The fourth-order valence-electron chi connectivity index (χ4n) is 2.27. The number of anilines is 1. The van der Waals surface area contributed by atoms with Gasteiger partial charge in [-0.15, -0.1) is 0 Å². The van der Waals surface area contributed by atoms with Crippen molar-refractivity contribution in [2.45, 2.75) is 13.0 Å². The van der Waals surface area contributed by atoms with Crippen LogP contribution < -0.4 is 10.2 Å². The monoisotopic (exact) mass is 278 g/mol. The molecular formula is C12H14N4O2S. The number of fused-ring (bicyclic) bond motifs is 1. The predicted octanol–water partition coefficient (Wildman–Crippen LogP) is 2.00. The number of piperazine rings is 1. The lowest BCUT2D eigenvalue weighted by Crippen LogP contribution is -2.49. The summed E-state index contributed by atoms with van der Waals surface area (Å²) in [7, 11) is 0. The van der Waals surface area contributed by atoms with E-state index in [1.54, 1.807) is 23.5 Å². The number of nitrogens with one attached hydrogen (secondary N) is 1. The van der Waals surface area contributed by atoms with E-state index in [1.807, 2.05) is 0 Å². The number of rotatable bonds is 2. The van der Waals surface area contributed by atoms with Gasteiger partial charge in [-0.25, -0.2) is 4.98 Å². The third-order valence-electron chi connectivity index (χ3n) is 3.32. The highest BCUT2D eigenvalue weighted by Gasteiger charge is 2.21. The molecule has 1 fully saturated rings. The van der Waals surface area contributed by atoms with Gasteiger partial charge in [0, 0.05) is 37.8 Å². The molecule has 7 heteroatoms. The first-order valence-electron chi connectivity index (χ1n) is 6.17. The molecule has 1 saturated heterocycles. The Labute approximate surface area is 114 Å². The van der Waals surface area contributed by atoms with E-state index in [4.69, 9.17) is 0 Å². The summed E-state index contributed by atoms with van der Waals surface area (Å²) >= 11 is 1.59. The van der Waals surface area contributed by atoms with Crippen molar-refractivity contribution in [1.82, 2.24) is 10.3 Å². The van der Waals surface area contributed by atoms with Gasteiger partial charge in [-0.2, -0.15) is 0 Å². The van der Waals surface area contributed by atoms with Crippen molar-refractivity contribution < 1.29 is 4.92 Å². The van der Waals surface area contributed by atoms with Gasteiger partial charge in [0.05, 0.1) is 15.1 Å². The van der Waals surface area contributed by atoms with Crippen LogP contribution in [0, 0.1) is 10.1 Å². The fourth-order valence-corrected chi connectivity index (χ4v) is 3.34. The van der Waals surface area contributed by atoms with Gasteiger partial charge < -0.3 is 10.2 Å². The number of benzene rings is 1. The first kappa shape index (κ1) is 12.3. The molecule has 1 atom stereocenters. The van der Waals surface area contributed by atoms with Crippen molar-refractivity contribution in [3.63, 3.8) is 0 Å². The molecular weight excluding hydrogens is 264 g/mol. The SMILES string of the molecule is CC1CNCCN1c1nc2cc([N+](=O)[O-])ccc2s1. The molecule has 1 unspecified atom stereocenters. The smallest absolute Gasteiger partial charge is 0.271 e. The van der Waals surface area contributed by atoms with Gasteiger partial charge in [-0.3, -0.25) is 10.1 Å². The number of nitro groups is 1. The van der Waals surface area contributed by atoms with Crippen molar-refractivity contribution in [2.75, 3.05) is 24.5 Å². The molecule has 3 rings (SSSR count). The Morgan fingerprint density at radius 1 is 1.58 bits per heavy atom. The van der Waals surface area contributed by atoms with Crippen molar-refractivity contribution in [2.24, 2.45) is 0 Å². The number of nitrogens with zero attached hydrogens (tertiary/aromatic N) is 3. The minimum Gasteiger partial charge on any atom is -0.343 e. The summed E-state index contributed by atoms with van der Waals surface area (Å²) in [5.74, 6) is 0. The van der Waals surface area contributed by atoms with Gasteiger partial charge in [0.25, 0.3) is 5.69 Å². The first-order valence-corrected chi connectivity index (χ1v) is 6.99. The van der Waals surface area contributed by atoms with E-state index >= 15 is 0 Å². The average Bonchev–Trinajstić information content (AvgIpc) is 2.81. The van der Waals surface area contributed by atoms with E-state index in [0.717, 1.165) is 29.5 Å². The average molecular weight is 278 g/mol. The number of nitro benzene ring substituents is 1. The topological polar surface area (TPSA) is 71.3 Å². The van der Waals surface area contributed by atoms with Crippen LogP contribution in [-0.4, -0.2) is 35.6 Å². The molecule has 0 radical (unpaired) electrons. The molecule has 1 N–H and O–H groups in total. The largest absolute Gasteiger partial charge is 0.343 e. The van der Waals surface area contributed by atoms with Crippen LogP contribution in [0.1, 0.15) is 6.92 Å². The summed E-state index contributed by atoms with van der Waals surface area (Å²) in [5.41, 5.74) is 0.803. The van der Waals surface area contributed by atoms with Crippen LogP contribution in [0.25, 0.3) is 10.2 Å². The normalized spacial score (nSPS) is 19.8. The van der Waals surface area contributed by atoms with Crippen molar-refractivity contribution in [3.8, 4) is 0 Å². The van der Waals surface area contributed by atoms with Crippen molar-refractivity contribution >= 4 is 32.4 Å². The highest BCUT2D eigenvalue weighted by atomic mass is 32.1. The third-order valence-corrected chi connectivity index (χ3v) is 4.39. The van der Waals surface area contributed by atoms with E-state index in [9.17, 15) is 10.1 Å². The van der Waals surface area contributed by atoms with Crippen LogP contribution in [0.4, 0.5) is 10.8 Å². The zero-order chi connectivity index (χ0) is 13.4. The highest BCUT2D eigenvalue weighted by molar-refractivity contribution is 7.22. The lowest BCUT2D eigenvalue weighted by atomic mass is 10.2. The summed E-state index contributed by atoms with van der Waals surface area (Å²) in [4.78, 5) is 17.2. The molecule has 0 spiro atoms. The zero-order valence-electron chi connectivity index (χ0n) is 10.5. The molecule has 1 aliphatic rings. The van der Waals surface area contributed by atoms with Crippen LogP contribution in [0.5, 0.6) is 0 Å². The van der Waals surface area contributed by atoms with Gasteiger partial charge >= 0.3 is 0 Å². The predicted molar refractivity (Wildman–Crippen MR) is 76.0 cm³/mol. The summed E-state index contributed by atoms with van der Waals surface area (Å²) in [5, 5.41) is 15.1. The van der Waals surface area contributed by atoms with E-state index in [2.05, 4.69) is 22.1 Å². The highest BCUT2D eigenvalue weighted by Crippen LogP contribution is 2.32. The van der Waals surface area contributed by atoms with Crippen LogP contribution in [0.3, 0.4) is 0 Å². The minimum absolute atomic E-state index is 0.0951. The second kappa shape index (κ2) is 4.75. The van der Waals surface area contributed by atoms with E-state index < -0.39 is 0 Å². The van der Waals surface area contributed by atoms with Gasteiger partial charge in [-0.1, -0.05) is 11.3 Å². The Morgan fingerprint density at radius 3 is 3.16 bits per heavy atom. The lowest BCUT2D eigenvalue weighted by Gasteiger charge is -2.33. The zero-order valence-corrected chi connectivity index (χ0v) is 11.3. The molecule has 1 aromatic heterocycles. The summed E-state index contributed by atoms with van der Waals surface area (Å²) in [6.45, 7) is 4.96. The maximum absolute atomic E-state index is 10.8. The number of thiazole rings is 1. The van der Waals surface area contributed by atoms with E-state index in [1.165, 1.54) is 6.07 Å². The van der Waals surface area contributed by atoms with Gasteiger partial charge in [0.2, 0.25) is 0 Å². The second-order valence-corrected chi connectivity index (χ2v) is 5.66. The number of hydrogen-bond donors (Lipinski definition) is 1. The Morgan fingerprint density at radius 2 is 2.42 bits per heavy atom. The Bertz CT molecular complexity index is 627. The van der Waals surface area contributed by atoms with Crippen molar-refractivity contribution in [1.29, 1.82) is 0 Å². The molecule has 100 valence electrons. The quantitative estimate of drug-likeness (QED) is 0.672. The molecule has 1 aliphatic heterocycles. The number of hydrogen-bond acceptors (Lipinski definition) is 6. The third kappa shape index (κ3) is 2.26. The summed E-state index contributed by atoms with van der Waals surface area (Å²) in [6.07, 6.45) is 0. The Hall–Kier alpha value is -1.73. The van der Waals surface area contributed by atoms with Crippen LogP contribution >= 0.6 is 11.3 Å². The number of aromatic nitrogens is 1. The molecule has 2 aromatic rings. The minimum atomic E-state index is -0.383. The van der Waals surface area contributed by atoms with E-state index in [-0.39, 0.29) is 10.6 Å². The van der Waals surface area contributed by atoms with Crippen molar-refractivity contribution in [3.05, 3.63) is 28.3 Å². The van der Waals surface area contributed by atoms with Crippen LogP contribution in [0.2, 0.25) is 0 Å². The lowest BCUT2D eigenvalue weighted by molar-refractivity contribution is -0.384. The van der Waals surface area contributed by atoms with Crippen LogP contribution in [0.15, 0.2) is 18.2 Å². The Kier molecular flexibility index (Phi) is 3.08. The van der Waals surface area contributed by atoms with Gasteiger partial charge in [-0.05, 0) is 13.0 Å². The molecule has 0 saturated carbocycles. The molecule has 0 amide bonds. The van der Waals surface area contributed by atoms with E-state index in [0.29, 0.717) is 11.6 Å². The standard InChI is InChI=1S/C12H14N4O2S/c1-8-7-13-4-5-15(8)12-14-10-6-9(16(17)18)2-3-11(10)19-12/h2-3,6,8,13H,4-5,7H2,1H3. The number of non-ortho nitro benzene ring substituents is 1.